The van der Waals surface area contributed by atoms with E-state index < -0.39 is 0 Å². The van der Waals surface area contributed by atoms with Crippen molar-refractivity contribution in [1.82, 2.24) is 9.97 Å². The average Bonchev–Trinajstić information content (AvgIpc) is 2.07. The monoisotopic (exact) mass is 168 g/mol. The minimum atomic E-state index is -0.0133. The molecule has 1 aromatic heterocycles. The topological polar surface area (TPSA) is 42.9 Å². The summed E-state index contributed by atoms with van der Waals surface area (Å²) >= 11 is 1.24. The smallest absolute Gasteiger partial charge is 0.239 e. The van der Waals surface area contributed by atoms with E-state index >= 15 is 0 Å². The van der Waals surface area contributed by atoms with Crippen LogP contribution >= 0.6 is 11.8 Å². The molecule has 1 heterocycles. The number of carbonyl (C=O) groups is 1. The Hall–Kier alpha value is -0.900. The highest BCUT2D eigenvalue weighted by molar-refractivity contribution is 8.14. The van der Waals surface area contributed by atoms with Crippen LogP contribution < -0.4 is 0 Å². The van der Waals surface area contributed by atoms with Gasteiger partial charge >= 0.3 is 0 Å². The van der Waals surface area contributed by atoms with Crippen LogP contribution in [0.4, 0.5) is 0 Å². The summed E-state index contributed by atoms with van der Waals surface area (Å²) in [4.78, 5) is 18.8. The zero-order chi connectivity index (χ0) is 8.10. The molecule has 0 saturated carbocycles. The molecular weight excluding hydrogens is 160 g/mol. The van der Waals surface area contributed by atoms with Crippen LogP contribution in [-0.4, -0.2) is 20.8 Å². The summed E-state index contributed by atoms with van der Waals surface area (Å²) in [6.45, 7) is 1.93. The highest BCUT2D eigenvalue weighted by Crippen LogP contribution is 2.07. The molecule has 3 nitrogen and oxygen atoms in total. The number of aromatic nitrogens is 2. The quantitative estimate of drug-likeness (QED) is 0.669. The Balaban J connectivity index is 2.69. The van der Waals surface area contributed by atoms with Crippen molar-refractivity contribution in [2.75, 3.05) is 5.75 Å². The van der Waals surface area contributed by atoms with Gasteiger partial charge in [-0.1, -0.05) is 18.7 Å². The average molecular weight is 168 g/mol. The third-order valence-electron chi connectivity index (χ3n) is 1.05. The zero-order valence-electron chi connectivity index (χ0n) is 6.15. The molecule has 0 N–H and O–H groups in total. The lowest BCUT2D eigenvalue weighted by Crippen LogP contribution is -1.97. The number of hydrogen-bond donors (Lipinski definition) is 0. The lowest BCUT2D eigenvalue weighted by Gasteiger charge is -1.93. The number of hydrogen-bond acceptors (Lipinski definition) is 4. The summed E-state index contributed by atoms with van der Waals surface area (Å²) in [5.74, 6) is 0.773. The summed E-state index contributed by atoms with van der Waals surface area (Å²) in [6.07, 6.45) is 4.54. The SMILES string of the molecule is CCSC(=O)c1cnccn1. The Bertz CT molecular complexity index is 237. The minimum absolute atomic E-state index is 0.0133. The van der Waals surface area contributed by atoms with E-state index in [2.05, 4.69) is 9.97 Å². The molecule has 58 valence electrons. The van der Waals surface area contributed by atoms with Crippen LogP contribution in [0.25, 0.3) is 0 Å². The van der Waals surface area contributed by atoms with Gasteiger partial charge in [-0.3, -0.25) is 9.78 Å². The molecule has 0 bridgehead atoms. The Morgan fingerprint density at radius 1 is 1.64 bits per heavy atom. The highest BCUT2D eigenvalue weighted by atomic mass is 32.2. The van der Waals surface area contributed by atoms with Crippen molar-refractivity contribution in [3.63, 3.8) is 0 Å². The molecule has 1 aromatic rings. The maximum atomic E-state index is 11.1. The van der Waals surface area contributed by atoms with E-state index in [1.165, 1.54) is 24.2 Å². The Kier molecular flexibility index (Phi) is 3.04. The van der Waals surface area contributed by atoms with Gasteiger partial charge in [-0.05, 0) is 5.75 Å². The molecule has 0 aliphatic heterocycles. The van der Waals surface area contributed by atoms with Crippen molar-refractivity contribution < 1.29 is 4.79 Å². The van der Waals surface area contributed by atoms with Gasteiger partial charge in [0, 0.05) is 12.4 Å². The summed E-state index contributed by atoms with van der Waals surface area (Å²) in [5, 5.41) is -0.0133. The molecule has 0 unspecified atom stereocenters. The molecule has 11 heavy (non-hydrogen) atoms. The molecule has 0 aromatic carbocycles. The van der Waals surface area contributed by atoms with Crippen molar-refractivity contribution >= 4 is 16.9 Å². The summed E-state index contributed by atoms with van der Waals surface area (Å²) in [5.41, 5.74) is 0.430. The Morgan fingerprint density at radius 3 is 3.00 bits per heavy atom. The molecule has 4 heteroatoms. The molecule has 0 spiro atoms. The van der Waals surface area contributed by atoms with Gasteiger partial charge in [-0.25, -0.2) is 4.98 Å². The first-order valence-electron chi connectivity index (χ1n) is 3.27. The van der Waals surface area contributed by atoms with Crippen molar-refractivity contribution in [3.8, 4) is 0 Å². The number of nitrogens with zero attached hydrogens (tertiary/aromatic N) is 2. The first-order chi connectivity index (χ1) is 5.34. The van der Waals surface area contributed by atoms with E-state index in [1.54, 1.807) is 6.20 Å². The maximum Gasteiger partial charge on any atom is 0.239 e. The summed E-state index contributed by atoms with van der Waals surface area (Å²) in [7, 11) is 0. The molecule has 1 rings (SSSR count). The first kappa shape index (κ1) is 8.20. The molecule has 0 aliphatic rings. The normalized spacial score (nSPS) is 9.55. The lowest BCUT2D eigenvalue weighted by atomic mass is 10.5. The van der Waals surface area contributed by atoms with Gasteiger partial charge in [0.1, 0.15) is 5.69 Å². The fourth-order valence-electron chi connectivity index (χ4n) is 0.610. The van der Waals surface area contributed by atoms with E-state index in [0.717, 1.165) is 5.75 Å². The van der Waals surface area contributed by atoms with Gasteiger partial charge in [0.2, 0.25) is 5.12 Å². The second-order valence-corrected chi connectivity index (χ2v) is 3.05. The largest absolute Gasteiger partial charge is 0.280 e. The Morgan fingerprint density at radius 2 is 2.45 bits per heavy atom. The fraction of sp³-hybridized carbons (Fsp3) is 0.286. The van der Waals surface area contributed by atoms with Crippen molar-refractivity contribution in [2.45, 2.75) is 6.92 Å². The highest BCUT2D eigenvalue weighted by Gasteiger charge is 2.04. The van der Waals surface area contributed by atoms with Gasteiger partial charge in [0.25, 0.3) is 0 Å². The molecule has 0 fully saturated rings. The van der Waals surface area contributed by atoms with E-state index in [-0.39, 0.29) is 5.12 Å². The number of carbonyl (C=O) groups excluding carboxylic acids is 1. The third-order valence-corrected chi connectivity index (χ3v) is 1.81. The molecule has 0 atom stereocenters. The van der Waals surface area contributed by atoms with Crippen LogP contribution in [0.15, 0.2) is 18.6 Å². The predicted octanol–water partition coefficient (Wildman–Crippen LogP) is 1.37. The zero-order valence-corrected chi connectivity index (χ0v) is 6.97. The number of rotatable bonds is 2. The van der Waals surface area contributed by atoms with Crippen LogP contribution in [0.1, 0.15) is 17.4 Å². The molecule has 0 amide bonds. The summed E-state index contributed by atoms with van der Waals surface area (Å²) < 4.78 is 0. The molecule has 0 radical (unpaired) electrons. The molecular formula is C7H8N2OS. The van der Waals surface area contributed by atoms with Crippen molar-refractivity contribution in [3.05, 3.63) is 24.3 Å². The minimum Gasteiger partial charge on any atom is -0.280 e. The van der Waals surface area contributed by atoms with E-state index in [9.17, 15) is 4.79 Å². The van der Waals surface area contributed by atoms with Crippen LogP contribution in [0.3, 0.4) is 0 Å². The van der Waals surface area contributed by atoms with Gasteiger partial charge in [0.15, 0.2) is 0 Å². The lowest BCUT2D eigenvalue weighted by molar-refractivity contribution is 0.108. The van der Waals surface area contributed by atoms with E-state index in [1.807, 2.05) is 6.92 Å². The van der Waals surface area contributed by atoms with Gasteiger partial charge in [-0.15, -0.1) is 0 Å². The van der Waals surface area contributed by atoms with Crippen LogP contribution in [0.2, 0.25) is 0 Å². The van der Waals surface area contributed by atoms with Gasteiger partial charge < -0.3 is 0 Å². The van der Waals surface area contributed by atoms with Crippen molar-refractivity contribution in [2.24, 2.45) is 0 Å². The number of thioether (sulfide) groups is 1. The van der Waals surface area contributed by atoms with E-state index in [4.69, 9.17) is 0 Å². The van der Waals surface area contributed by atoms with Gasteiger partial charge in [0.05, 0.1) is 6.20 Å². The fourth-order valence-corrected chi connectivity index (χ4v) is 1.13. The van der Waals surface area contributed by atoms with Crippen LogP contribution in [-0.2, 0) is 0 Å². The standard InChI is InChI=1S/C7H8N2OS/c1-2-11-7(10)6-5-8-3-4-9-6/h3-5H,2H2,1H3. The van der Waals surface area contributed by atoms with Crippen molar-refractivity contribution in [1.29, 1.82) is 0 Å². The second kappa shape index (κ2) is 4.08. The molecule has 0 saturated heterocycles. The third kappa shape index (κ3) is 2.31. The predicted molar refractivity (Wildman–Crippen MR) is 44.5 cm³/mol. The first-order valence-corrected chi connectivity index (χ1v) is 4.26. The Labute approximate surface area is 69.3 Å². The van der Waals surface area contributed by atoms with Gasteiger partial charge in [-0.2, -0.15) is 0 Å². The second-order valence-electron chi connectivity index (χ2n) is 1.81. The van der Waals surface area contributed by atoms with Crippen LogP contribution in [0.5, 0.6) is 0 Å². The van der Waals surface area contributed by atoms with E-state index in [0.29, 0.717) is 5.69 Å². The maximum absolute atomic E-state index is 11.1. The molecule has 0 aliphatic carbocycles. The van der Waals surface area contributed by atoms with Crippen LogP contribution in [0, 0.1) is 0 Å². The summed E-state index contributed by atoms with van der Waals surface area (Å²) in [6, 6.07) is 0.